The van der Waals surface area contributed by atoms with E-state index in [1.807, 2.05) is 30.0 Å². The van der Waals surface area contributed by atoms with Crippen molar-refractivity contribution in [2.24, 2.45) is 34.5 Å². The van der Waals surface area contributed by atoms with Crippen molar-refractivity contribution >= 4 is 23.4 Å². The van der Waals surface area contributed by atoms with E-state index in [1.54, 1.807) is 6.08 Å². The molecule has 2 heterocycles. The number of carbonyl (C=O) groups excluding carboxylic acids is 3. The van der Waals surface area contributed by atoms with Crippen molar-refractivity contribution in [3.8, 4) is 0 Å². The molecule has 282 valence electrons. The first-order valence-corrected chi connectivity index (χ1v) is 20.3. The number of piperidine rings is 1. The molecule has 0 spiro atoms. The average Bonchev–Trinajstić information content (AvgIpc) is 3.49. The molecule has 1 saturated heterocycles. The zero-order valence-electron chi connectivity index (χ0n) is 32.7. The fourth-order valence-corrected chi connectivity index (χ4v) is 10.9. The number of fused-ring (bicyclic) bond motifs is 5. The number of anilines is 1. The molecule has 2 aromatic rings. The Morgan fingerprint density at radius 2 is 1.56 bits per heavy atom. The number of benzene rings is 2. The maximum absolute atomic E-state index is 13.0. The number of nitrogens with zero attached hydrogens (tertiary/aromatic N) is 2. The highest BCUT2D eigenvalue weighted by Crippen LogP contribution is 2.65. The van der Waals surface area contributed by atoms with Crippen molar-refractivity contribution in [2.75, 3.05) is 24.5 Å². The molecule has 4 fully saturated rings. The van der Waals surface area contributed by atoms with Gasteiger partial charge >= 0.3 is 0 Å². The fraction of sp³-hybridized carbons (Fsp3) is 0.622. The van der Waals surface area contributed by atoms with Gasteiger partial charge in [0, 0.05) is 60.7 Å². The van der Waals surface area contributed by atoms with Gasteiger partial charge in [-0.05, 0) is 125 Å². The maximum atomic E-state index is 13.0. The van der Waals surface area contributed by atoms with Crippen molar-refractivity contribution in [1.82, 2.24) is 15.5 Å². The molecule has 7 heteroatoms. The minimum Gasteiger partial charge on any atom is -0.351 e. The Morgan fingerprint density at radius 1 is 0.885 bits per heavy atom. The lowest BCUT2D eigenvalue weighted by Crippen LogP contribution is -2.59. The molecule has 2 aromatic carbocycles. The van der Waals surface area contributed by atoms with Crippen molar-refractivity contribution in [3.05, 3.63) is 78.4 Å². The van der Waals surface area contributed by atoms with Gasteiger partial charge in [-0.3, -0.25) is 14.4 Å². The molecule has 7 rings (SSSR count). The second kappa shape index (κ2) is 15.9. The SMILES string of the molecule is CC(C)(C)NC(=O)[C@H]1CC[C@H]2[C@@H]3CC[C@H]4NC(=O)C=C[C@]4(C)[C@H]3CC[C@]12C.CCC(=O)N(c1ccccc1)C1CCN(CCc2ccccc2)CC1. The van der Waals surface area contributed by atoms with E-state index in [2.05, 4.69) is 98.7 Å². The lowest BCUT2D eigenvalue weighted by molar-refractivity contribution is -0.135. The van der Waals surface area contributed by atoms with Crippen LogP contribution in [0.1, 0.15) is 105 Å². The molecule has 0 bridgehead atoms. The monoisotopic (exact) mass is 708 g/mol. The molecule has 0 unspecified atom stereocenters. The molecule has 0 radical (unpaired) electrons. The fourth-order valence-electron chi connectivity index (χ4n) is 10.9. The first-order valence-electron chi connectivity index (χ1n) is 20.3. The zero-order valence-corrected chi connectivity index (χ0v) is 32.7. The van der Waals surface area contributed by atoms with E-state index in [0.717, 1.165) is 63.8 Å². The number of nitrogens with one attached hydrogen (secondary N) is 2. The lowest BCUT2D eigenvalue weighted by atomic mass is 9.48. The van der Waals surface area contributed by atoms with Crippen LogP contribution in [-0.4, -0.2) is 59.9 Å². The first kappa shape index (κ1) is 38.3. The summed E-state index contributed by atoms with van der Waals surface area (Å²) in [5.41, 5.74) is 2.47. The second-order valence-electron chi connectivity index (χ2n) is 17.9. The molecular weight excluding hydrogens is 645 g/mol. The topological polar surface area (TPSA) is 81.8 Å². The third-order valence-corrected chi connectivity index (χ3v) is 13.6. The Kier molecular flexibility index (Phi) is 11.7. The molecule has 52 heavy (non-hydrogen) atoms. The van der Waals surface area contributed by atoms with Crippen LogP contribution in [0.5, 0.6) is 0 Å². The van der Waals surface area contributed by atoms with Crippen LogP contribution in [-0.2, 0) is 20.8 Å². The highest BCUT2D eigenvalue weighted by atomic mass is 16.2. The Morgan fingerprint density at radius 3 is 2.21 bits per heavy atom. The molecule has 2 N–H and O–H groups in total. The van der Waals surface area contributed by atoms with Gasteiger partial charge in [-0.1, -0.05) is 75.4 Å². The average molecular weight is 709 g/mol. The molecule has 0 aromatic heterocycles. The zero-order chi connectivity index (χ0) is 37.1. The van der Waals surface area contributed by atoms with Gasteiger partial charge in [0.05, 0.1) is 0 Å². The summed E-state index contributed by atoms with van der Waals surface area (Å²) >= 11 is 0. The normalized spacial score (nSPS) is 31.6. The van der Waals surface area contributed by atoms with Crippen LogP contribution in [0.3, 0.4) is 0 Å². The van der Waals surface area contributed by atoms with Gasteiger partial charge in [-0.25, -0.2) is 0 Å². The molecule has 3 amide bonds. The third-order valence-electron chi connectivity index (χ3n) is 13.6. The number of hydrogen-bond acceptors (Lipinski definition) is 4. The summed E-state index contributed by atoms with van der Waals surface area (Å²) in [7, 11) is 0. The quantitative estimate of drug-likeness (QED) is 0.306. The molecule has 2 aliphatic heterocycles. The molecule has 3 saturated carbocycles. The van der Waals surface area contributed by atoms with E-state index in [1.165, 1.54) is 24.8 Å². The van der Waals surface area contributed by atoms with E-state index >= 15 is 0 Å². The van der Waals surface area contributed by atoms with Crippen LogP contribution in [0, 0.1) is 34.5 Å². The predicted octanol–water partition coefficient (Wildman–Crippen LogP) is 7.95. The predicted molar refractivity (Wildman–Crippen MR) is 211 cm³/mol. The van der Waals surface area contributed by atoms with Crippen molar-refractivity contribution < 1.29 is 14.4 Å². The van der Waals surface area contributed by atoms with Gasteiger partial charge in [0.2, 0.25) is 17.7 Å². The standard InChI is InChI=1S/C23H36N2O2.C22H28N2O/c1-21(2,3)25-20(27)17-8-7-15-14-6-9-18-23(5,13-11-19(26)24-18)16(14)10-12-22(15,17)4;1-2-22(25)24(20-11-7-4-8-12-20)21-14-17-23(18-15-21)16-13-19-9-5-3-6-10-19/h11,13-18H,6-10,12H2,1-5H3,(H,24,26)(H,25,27);3-12,21H,2,13-18H2,1H3/t14-,15-,16-,17+,18+,22-,23+;/m0./s1. The molecule has 5 aliphatic rings. The summed E-state index contributed by atoms with van der Waals surface area (Å²) < 4.78 is 0. The number of para-hydroxylation sites is 1. The Balaban J connectivity index is 0.000000179. The number of amides is 3. The Bertz CT molecular complexity index is 1560. The van der Waals surface area contributed by atoms with Gasteiger partial charge in [0.1, 0.15) is 0 Å². The second-order valence-corrected chi connectivity index (χ2v) is 17.9. The van der Waals surface area contributed by atoms with E-state index in [-0.39, 0.29) is 46.1 Å². The summed E-state index contributed by atoms with van der Waals surface area (Å²) in [5.74, 6) is 2.64. The lowest BCUT2D eigenvalue weighted by Gasteiger charge is -2.58. The van der Waals surface area contributed by atoms with Gasteiger partial charge in [-0.2, -0.15) is 0 Å². The van der Waals surface area contributed by atoms with E-state index in [4.69, 9.17) is 0 Å². The summed E-state index contributed by atoms with van der Waals surface area (Å²) in [4.78, 5) is 42.0. The minimum absolute atomic E-state index is 0.0661. The van der Waals surface area contributed by atoms with Gasteiger partial charge < -0.3 is 20.4 Å². The van der Waals surface area contributed by atoms with Crippen LogP contribution in [0.15, 0.2) is 72.8 Å². The van der Waals surface area contributed by atoms with Crippen LogP contribution in [0.4, 0.5) is 5.69 Å². The molecule has 7 nitrogen and oxygen atoms in total. The highest BCUT2D eigenvalue weighted by Gasteiger charge is 2.61. The Hall–Kier alpha value is -3.45. The van der Waals surface area contributed by atoms with E-state index < -0.39 is 0 Å². The van der Waals surface area contributed by atoms with Crippen LogP contribution >= 0.6 is 0 Å². The number of likely N-dealkylation sites (tertiary alicyclic amines) is 1. The number of rotatable bonds is 7. The van der Waals surface area contributed by atoms with E-state index in [9.17, 15) is 14.4 Å². The maximum Gasteiger partial charge on any atom is 0.243 e. The van der Waals surface area contributed by atoms with Crippen molar-refractivity contribution in [3.63, 3.8) is 0 Å². The van der Waals surface area contributed by atoms with E-state index in [0.29, 0.717) is 30.2 Å². The van der Waals surface area contributed by atoms with Crippen molar-refractivity contribution in [1.29, 1.82) is 0 Å². The van der Waals surface area contributed by atoms with Gasteiger partial charge in [0.25, 0.3) is 0 Å². The van der Waals surface area contributed by atoms with Crippen molar-refractivity contribution in [2.45, 2.75) is 123 Å². The number of carbonyl (C=O) groups is 3. The summed E-state index contributed by atoms with van der Waals surface area (Å²) in [6.07, 6.45) is 14.5. The molecule has 7 atom stereocenters. The van der Waals surface area contributed by atoms with Crippen LogP contribution in [0.2, 0.25) is 0 Å². The van der Waals surface area contributed by atoms with Crippen LogP contribution in [0.25, 0.3) is 0 Å². The smallest absolute Gasteiger partial charge is 0.243 e. The minimum atomic E-state index is -0.167. The largest absolute Gasteiger partial charge is 0.351 e. The summed E-state index contributed by atoms with van der Waals surface area (Å²) in [6, 6.07) is 21.4. The summed E-state index contributed by atoms with van der Waals surface area (Å²) in [6.45, 7) is 16.1. The molecular formula is C45H64N4O3. The molecule has 3 aliphatic carbocycles. The van der Waals surface area contributed by atoms with Gasteiger partial charge in [-0.15, -0.1) is 0 Å². The van der Waals surface area contributed by atoms with Crippen LogP contribution < -0.4 is 15.5 Å². The first-order chi connectivity index (χ1) is 24.8. The summed E-state index contributed by atoms with van der Waals surface area (Å²) in [5, 5.41) is 6.48. The Labute approximate surface area is 313 Å². The number of hydrogen-bond donors (Lipinski definition) is 2. The highest BCUT2D eigenvalue weighted by molar-refractivity contribution is 5.93. The van der Waals surface area contributed by atoms with Gasteiger partial charge in [0.15, 0.2) is 0 Å². The third kappa shape index (κ3) is 8.20.